The Kier molecular flexibility index (Phi) is 2.99. The van der Waals surface area contributed by atoms with E-state index >= 15 is 0 Å². The van der Waals surface area contributed by atoms with Gasteiger partial charge in [-0.2, -0.15) is 0 Å². The third-order valence-corrected chi connectivity index (χ3v) is 3.34. The van der Waals surface area contributed by atoms with Crippen LogP contribution >= 0.6 is 0 Å². The number of benzene rings is 1. The molecule has 2 heterocycles. The maximum atomic E-state index is 12.2. The van der Waals surface area contributed by atoms with Crippen molar-refractivity contribution in [1.82, 2.24) is 4.98 Å². The van der Waals surface area contributed by atoms with Crippen molar-refractivity contribution < 1.29 is 9.15 Å². The topological polar surface area (TPSA) is 52.3 Å². The smallest absolute Gasteiger partial charge is 0.344 e. The predicted octanol–water partition coefficient (Wildman–Crippen LogP) is 3.17. The van der Waals surface area contributed by atoms with Crippen molar-refractivity contribution in [2.24, 2.45) is 0 Å². The first kappa shape index (κ1) is 12.4. The van der Waals surface area contributed by atoms with E-state index in [0.717, 1.165) is 16.5 Å². The Hall–Kier alpha value is -2.62. The van der Waals surface area contributed by atoms with Gasteiger partial charge in [0.05, 0.1) is 12.7 Å². The normalized spacial score (nSPS) is 10.7. The zero-order chi connectivity index (χ0) is 14.1. The minimum Gasteiger partial charge on any atom is -0.497 e. The molecule has 0 aliphatic carbocycles. The Morgan fingerprint density at radius 1 is 1.15 bits per heavy atom. The second-order valence-electron chi connectivity index (χ2n) is 4.49. The van der Waals surface area contributed by atoms with Crippen molar-refractivity contribution in [2.75, 3.05) is 7.11 Å². The van der Waals surface area contributed by atoms with Crippen LogP contribution in [0.4, 0.5) is 0 Å². The summed E-state index contributed by atoms with van der Waals surface area (Å²) in [7, 11) is 1.58. The molecule has 0 N–H and O–H groups in total. The van der Waals surface area contributed by atoms with Gasteiger partial charge >= 0.3 is 5.63 Å². The lowest BCUT2D eigenvalue weighted by molar-refractivity contribution is 0.414. The van der Waals surface area contributed by atoms with Gasteiger partial charge < -0.3 is 9.15 Å². The maximum absolute atomic E-state index is 12.2. The molecule has 1 aromatic carbocycles. The number of aromatic nitrogens is 1. The SMILES string of the molecule is COc1ccc2c(C)c(-c3ccncc3)c(=O)oc2c1. The van der Waals surface area contributed by atoms with Crippen LogP contribution in [0.2, 0.25) is 0 Å². The quantitative estimate of drug-likeness (QED) is 0.669. The summed E-state index contributed by atoms with van der Waals surface area (Å²) in [6, 6.07) is 9.08. The Bertz CT molecular complexity index is 822. The van der Waals surface area contributed by atoms with Gasteiger partial charge in [-0.05, 0) is 42.3 Å². The Balaban J connectivity index is 2.33. The monoisotopic (exact) mass is 267 g/mol. The zero-order valence-electron chi connectivity index (χ0n) is 11.2. The second kappa shape index (κ2) is 4.81. The molecule has 0 aliphatic heterocycles. The fourth-order valence-corrected chi connectivity index (χ4v) is 2.32. The average molecular weight is 267 g/mol. The average Bonchev–Trinajstić information content (AvgIpc) is 2.47. The molecule has 0 fully saturated rings. The number of rotatable bonds is 2. The number of hydrogen-bond donors (Lipinski definition) is 0. The van der Waals surface area contributed by atoms with Gasteiger partial charge in [0.1, 0.15) is 11.3 Å². The van der Waals surface area contributed by atoms with Crippen molar-refractivity contribution in [3.63, 3.8) is 0 Å². The van der Waals surface area contributed by atoms with Gasteiger partial charge in [-0.25, -0.2) is 4.79 Å². The van der Waals surface area contributed by atoms with E-state index in [0.29, 0.717) is 16.9 Å². The lowest BCUT2D eigenvalue weighted by Crippen LogP contribution is -2.06. The largest absolute Gasteiger partial charge is 0.497 e. The molecule has 20 heavy (non-hydrogen) atoms. The van der Waals surface area contributed by atoms with Gasteiger partial charge in [0, 0.05) is 23.8 Å². The minimum absolute atomic E-state index is 0.352. The summed E-state index contributed by atoms with van der Waals surface area (Å²) in [5.74, 6) is 0.664. The summed E-state index contributed by atoms with van der Waals surface area (Å²) in [5.41, 5.74) is 2.46. The molecule has 0 saturated heterocycles. The minimum atomic E-state index is -0.352. The van der Waals surface area contributed by atoms with Crippen LogP contribution in [0.3, 0.4) is 0 Å². The summed E-state index contributed by atoms with van der Waals surface area (Å²) in [6.07, 6.45) is 3.32. The highest BCUT2D eigenvalue weighted by Gasteiger charge is 2.13. The van der Waals surface area contributed by atoms with E-state index in [1.165, 1.54) is 0 Å². The van der Waals surface area contributed by atoms with Gasteiger partial charge in [-0.1, -0.05) is 0 Å². The van der Waals surface area contributed by atoms with Gasteiger partial charge in [0.25, 0.3) is 0 Å². The van der Waals surface area contributed by atoms with Crippen LogP contribution in [0, 0.1) is 6.92 Å². The Morgan fingerprint density at radius 3 is 2.60 bits per heavy atom. The standard InChI is InChI=1S/C16H13NO3/c1-10-13-4-3-12(19-2)9-14(13)20-16(18)15(10)11-5-7-17-8-6-11/h3-9H,1-2H3. The molecular formula is C16H13NO3. The fraction of sp³-hybridized carbons (Fsp3) is 0.125. The van der Waals surface area contributed by atoms with Crippen molar-refractivity contribution in [3.05, 3.63) is 58.7 Å². The third-order valence-electron chi connectivity index (χ3n) is 3.34. The molecule has 0 aliphatic rings. The number of pyridine rings is 1. The number of aryl methyl sites for hydroxylation is 1. The van der Waals surface area contributed by atoms with E-state index in [-0.39, 0.29) is 5.63 Å². The lowest BCUT2D eigenvalue weighted by Gasteiger charge is -2.08. The number of hydrogen-bond acceptors (Lipinski definition) is 4. The molecule has 4 heteroatoms. The summed E-state index contributed by atoms with van der Waals surface area (Å²) >= 11 is 0. The molecule has 0 amide bonds. The molecule has 0 saturated carbocycles. The number of nitrogens with zero attached hydrogens (tertiary/aromatic N) is 1. The first-order valence-electron chi connectivity index (χ1n) is 6.22. The van der Waals surface area contributed by atoms with Crippen LogP contribution in [0.5, 0.6) is 5.75 Å². The summed E-state index contributed by atoms with van der Waals surface area (Å²) < 4.78 is 10.6. The maximum Gasteiger partial charge on any atom is 0.344 e. The van der Waals surface area contributed by atoms with Crippen molar-refractivity contribution in [2.45, 2.75) is 6.92 Å². The van der Waals surface area contributed by atoms with E-state index < -0.39 is 0 Å². The predicted molar refractivity (Wildman–Crippen MR) is 77.0 cm³/mol. The molecule has 3 rings (SSSR count). The first-order chi connectivity index (χ1) is 9.70. The van der Waals surface area contributed by atoms with E-state index in [9.17, 15) is 4.79 Å². The molecule has 0 unspecified atom stereocenters. The summed E-state index contributed by atoms with van der Waals surface area (Å²) in [6.45, 7) is 1.92. The highest BCUT2D eigenvalue weighted by Crippen LogP contribution is 2.28. The van der Waals surface area contributed by atoms with E-state index in [1.54, 1.807) is 37.7 Å². The third kappa shape index (κ3) is 1.95. The highest BCUT2D eigenvalue weighted by molar-refractivity contribution is 5.87. The fourth-order valence-electron chi connectivity index (χ4n) is 2.32. The number of fused-ring (bicyclic) bond motifs is 1. The van der Waals surface area contributed by atoms with Crippen molar-refractivity contribution in [1.29, 1.82) is 0 Å². The second-order valence-corrected chi connectivity index (χ2v) is 4.49. The van der Waals surface area contributed by atoms with Gasteiger partial charge in [-0.15, -0.1) is 0 Å². The molecule has 4 nitrogen and oxygen atoms in total. The molecule has 0 spiro atoms. The highest BCUT2D eigenvalue weighted by atomic mass is 16.5. The van der Waals surface area contributed by atoms with Crippen LogP contribution < -0.4 is 10.4 Å². The van der Waals surface area contributed by atoms with Crippen LogP contribution in [0.15, 0.2) is 51.9 Å². The van der Waals surface area contributed by atoms with Crippen LogP contribution in [-0.4, -0.2) is 12.1 Å². The van der Waals surface area contributed by atoms with E-state index in [4.69, 9.17) is 9.15 Å². The Morgan fingerprint density at radius 2 is 1.90 bits per heavy atom. The number of methoxy groups -OCH3 is 1. The summed E-state index contributed by atoms with van der Waals surface area (Å²) in [4.78, 5) is 16.2. The molecule has 0 radical (unpaired) electrons. The van der Waals surface area contributed by atoms with Crippen molar-refractivity contribution >= 4 is 11.0 Å². The van der Waals surface area contributed by atoms with Gasteiger partial charge in [0.2, 0.25) is 0 Å². The van der Waals surface area contributed by atoms with E-state index in [2.05, 4.69) is 4.98 Å². The van der Waals surface area contributed by atoms with Crippen LogP contribution in [-0.2, 0) is 0 Å². The molecule has 100 valence electrons. The molecular weight excluding hydrogens is 254 g/mol. The van der Waals surface area contributed by atoms with Crippen LogP contribution in [0.25, 0.3) is 22.1 Å². The lowest BCUT2D eigenvalue weighted by atomic mass is 10.0. The zero-order valence-corrected chi connectivity index (χ0v) is 11.2. The van der Waals surface area contributed by atoms with E-state index in [1.807, 2.05) is 19.1 Å². The van der Waals surface area contributed by atoms with Crippen LogP contribution in [0.1, 0.15) is 5.56 Å². The molecule has 0 bridgehead atoms. The first-order valence-corrected chi connectivity index (χ1v) is 6.22. The summed E-state index contributed by atoms with van der Waals surface area (Å²) in [5, 5.41) is 0.900. The molecule has 0 atom stereocenters. The molecule has 3 aromatic rings. The van der Waals surface area contributed by atoms with Gasteiger partial charge in [0.15, 0.2) is 0 Å². The van der Waals surface area contributed by atoms with Crippen molar-refractivity contribution in [3.8, 4) is 16.9 Å². The Labute approximate surface area is 115 Å². The van der Waals surface area contributed by atoms with Gasteiger partial charge in [-0.3, -0.25) is 4.98 Å². The number of ether oxygens (including phenoxy) is 1. The molecule has 2 aromatic heterocycles.